The smallest absolute Gasteiger partial charge is 0.267 e. The summed E-state index contributed by atoms with van der Waals surface area (Å²) in [5.74, 6) is -0.0455. The quantitative estimate of drug-likeness (QED) is 0.394. The zero-order chi connectivity index (χ0) is 22.6. The van der Waals surface area contributed by atoms with Gasteiger partial charge in [-0.05, 0) is 43.3 Å². The van der Waals surface area contributed by atoms with Gasteiger partial charge in [0.25, 0.3) is 11.8 Å². The normalized spacial score (nSPS) is 13.1. The highest BCUT2D eigenvalue weighted by Gasteiger charge is 2.41. The molecule has 0 aliphatic carbocycles. The number of pyridine rings is 1. The van der Waals surface area contributed by atoms with E-state index in [2.05, 4.69) is 26.0 Å². The van der Waals surface area contributed by atoms with Crippen LogP contribution in [0.15, 0.2) is 53.1 Å². The maximum Gasteiger partial charge on any atom is 0.267 e. The molecular formula is C23H17BrN4O4. The average Bonchev–Trinajstić information content (AvgIpc) is 3.27. The fourth-order valence-electron chi connectivity index (χ4n) is 3.91. The summed E-state index contributed by atoms with van der Waals surface area (Å²) in [6, 6.07) is 12.5. The summed E-state index contributed by atoms with van der Waals surface area (Å²) >= 11 is 3.43. The molecule has 0 spiro atoms. The molecule has 160 valence electrons. The van der Waals surface area contributed by atoms with Crippen molar-refractivity contribution >= 4 is 44.5 Å². The largest absolute Gasteiger partial charge is 0.497 e. The predicted octanol–water partition coefficient (Wildman–Crippen LogP) is 4.31. The van der Waals surface area contributed by atoms with Gasteiger partial charge in [-0.1, -0.05) is 15.9 Å². The molecule has 0 radical (unpaired) electrons. The number of benzene rings is 2. The van der Waals surface area contributed by atoms with Gasteiger partial charge in [0, 0.05) is 16.7 Å². The van der Waals surface area contributed by atoms with E-state index < -0.39 is 11.8 Å². The monoisotopic (exact) mass is 492 g/mol. The SMILES string of the molecule is COc1ccc(OC)c(N2C(=O)c3cnc4c(c(C)nn4-c4ccc(Br)cc4)c3C2=O)c1. The topological polar surface area (TPSA) is 86.6 Å². The number of methoxy groups -OCH3 is 2. The Balaban J connectivity index is 1.70. The number of aryl methyl sites for hydroxylation is 1. The van der Waals surface area contributed by atoms with Crippen LogP contribution >= 0.6 is 15.9 Å². The minimum absolute atomic E-state index is 0.228. The van der Waals surface area contributed by atoms with E-state index in [1.165, 1.54) is 20.4 Å². The van der Waals surface area contributed by atoms with Crippen molar-refractivity contribution in [2.24, 2.45) is 0 Å². The number of carbonyl (C=O) groups excluding carboxylic acids is 2. The summed E-state index contributed by atoms with van der Waals surface area (Å²) in [7, 11) is 3.00. The van der Waals surface area contributed by atoms with Gasteiger partial charge in [0.05, 0.1) is 47.8 Å². The van der Waals surface area contributed by atoms with Gasteiger partial charge >= 0.3 is 0 Å². The summed E-state index contributed by atoms with van der Waals surface area (Å²) < 4.78 is 13.3. The van der Waals surface area contributed by atoms with Crippen LogP contribution in [0.4, 0.5) is 5.69 Å². The number of nitrogens with zero attached hydrogens (tertiary/aromatic N) is 4. The average molecular weight is 493 g/mol. The lowest BCUT2D eigenvalue weighted by Crippen LogP contribution is -2.29. The Morgan fingerprint density at radius 2 is 1.72 bits per heavy atom. The first-order chi connectivity index (χ1) is 15.4. The van der Waals surface area contributed by atoms with Crippen LogP contribution in [0.3, 0.4) is 0 Å². The van der Waals surface area contributed by atoms with Crippen LogP contribution in [0.2, 0.25) is 0 Å². The third-order valence-corrected chi connectivity index (χ3v) is 5.95. The number of halogens is 1. The number of carbonyl (C=O) groups is 2. The van der Waals surface area contributed by atoms with Gasteiger partial charge in [-0.25, -0.2) is 14.6 Å². The summed E-state index contributed by atoms with van der Waals surface area (Å²) in [4.78, 5) is 32.4. The molecule has 0 bridgehead atoms. The second-order valence-electron chi connectivity index (χ2n) is 7.20. The third kappa shape index (κ3) is 2.89. The van der Waals surface area contributed by atoms with Crippen LogP contribution < -0.4 is 14.4 Å². The van der Waals surface area contributed by atoms with E-state index in [0.29, 0.717) is 33.9 Å². The molecule has 9 heteroatoms. The first-order valence-corrected chi connectivity index (χ1v) is 10.5. The van der Waals surface area contributed by atoms with E-state index in [9.17, 15) is 9.59 Å². The Labute approximate surface area is 191 Å². The van der Waals surface area contributed by atoms with Crippen LogP contribution in [0, 0.1) is 6.92 Å². The number of rotatable bonds is 4. The Morgan fingerprint density at radius 3 is 2.41 bits per heavy atom. The van der Waals surface area contributed by atoms with Crippen molar-refractivity contribution in [3.8, 4) is 17.2 Å². The van der Waals surface area contributed by atoms with Crippen LogP contribution in [-0.4, -0.2) is 40.8 Å². The zero-order valence-corrected chi connectivity index (χ0v) is 19.0. The molecule has 0 saturated heterocycles. The van der Waals surface area contributed by atoms with Gasteiger partial charge in [0.2, 0.25) is 0 Å². The molecule has 0 atom stereocenters. The highest BCUT2D eigenvalue weighted by Crippen LogP contribution is 2.39. The second kappa shape index (κ2) is 7.45. The molecule has 0 saturated carbocycles. The molecule has 2 aromatic carbocycles. The van der Waals surface area contributed by atoms with Gasteiger partial charge in [-0.3, -0.25) is 9.59 Å². The lowest BCUT2D eigenvalue weighted by atomic mass is 10.1. The number of hydrogen-bond donors (Lipinski definition) is 0. The van der Waals surface area contributed by atoms with E-state index in [-0.39, 0.29) is 11.1 Å². The summed E-state index contributed by atoms with van der Waals surface area (Å²) in [6.07, 6.45) is 1.43. The Kier molecular flexibility index (Phi) is 4.70. The number of imide groups is 1. The fourth-order valence-corrected chi connectivity index (χ4v) is 4.18. The third-order valence-electron chi connectivity index (χ3n) is 5.42. The number of fused-ring (bicyclic) bond motifs is 3. The maximum absolute atomic E-state index is 13.6. The van der Waals surface area contributed by atoms with E-state index in [1.54, 1.807) is 29.8 Å². The molecule has 1 aliphatic heterocycles. The molecule has 3 heterocycles. The van der Waals surface area contributed by atoms with Crippen LogP contribution in [0.5, 0.6) is 11.5 Å². The zero-order valence-electron chi connectivity index (χ0n) is 17.4. The number of amides is 2. The molecule has 1 aliphatic rings. The molecule has 0 unspecified atom stereocenters. The van der Waals surface area contributed by atoms with E-state index in [0.717, 1.165) is 15.1 Å². The van der Waals surface area contributed by atoms with Crippen LogP contribution in [-0.2, 0) is 0 Å². The molecule has 2 aromatic heterocycles. The second-order valence-corrected chi connectivity index (χ2v) is 8.12. The predicted molar refractivity (Wildman–Crippen MR) is 122 cm³/mol. The molecule has 0 N–H and O–H groups in total. The Hall–Kier alpha value is -3.72. The van der Waals surface area contributed by atoms with Crippen molar-refractivity contribution in [2.75, 3.05) is 19.1 Å². The lowest BCUT2D eigenvalue weighted by molar-refractivity contribution is 0.0925. The summed E-state index contributed by atoms with van der Waals surface area (Å²) in [5, 5.41) is 5.15. The van der Waals surface area contributed by atoms with Gasteiger partial charge in [0.15, 0.2) is 5.65 Å². The molecule has 5 rings (SSSR count). The van der Waals surface area contributed by atoms with Gasteiger partial charge < -0.3 is 9.47 Å². The highest BCUT2D eigenvalue weighted by atomic mass is 79.9. The molecule has 4 aromatic rings. The maximum atomic E-state index is 13.6. The van der Waals surface area contributed by atoms with Crippen molar-refractivity contribution in [3.63, 3.8) is 0 Å². The standard InChI is InChI=1S/C23H17BrN4O4/c1-12-19-20-16(11-25-21(19)28(26-12)14-6-4-13(24)5-7-14)22(29)27(23(20)30)17-10-15(31-2)8-9-18(17)32-3/h4-11H,1-3H3. The van der Waals surface area contributed by atoms with Gasteiger partial charge in [-0.15, -0.1) is 0 Å². The Morgan fingerprint density at radius 1 is 0.969 bits per heavy atom. The van der Waals surface area contributed by atoms with Crippen LogP contribution in [0.1, 0.15) is 26.4 Å². The summed E-state index contributed by atoms with van der Waals surface area (Å²) in [5.41, 5.74) is 2.72. The van der Waals surface area contributed by atoms with Gasteiger partial charge in [0.1, 0.15) is 11.5 Å². The van der Waals surface area contributed by atoms with Crippen molar-refractivity contribution in [1.29, 1.82) is 0 Å². The minimum Gasteiger partial charge on any atom is -0.497 e. The van der Waals surface area contributed by atoms with Crippen molar-refractivity contribution in [1.82, 2.24) is 14.8 Å². The van der Waals surface area contributed by atoms with Crippen molar-refractivity contribution in [2.45, 2.75) is 6.92 Å². The number of ether oxygens (including phenoxy) is 2. The molecular weight excluding hydrogens is 476 g/mol. The first-order valence-electron chi connectivity index (χ1n) is 9.69. The lowest BCUT2D eigenvalue weighted by Gasteiger charge is -2.18. The van der Waals surface area contributed by atoms with Crippen molar-refractivity contribution < 1.29 is 19.1 Å². The Bertz CT molecular complexity index is 1410. The number of aromatic nitrogens is 3. The number of hydrogen-bond acceptors (Lipinski definition) is 6. The van der Waals surface area contributed by atoms with Gasteiger partial charge in [-0.2, -0.15) is 5.10 Å². The van der Waals surface area contributed by atoms with Crippen molar-refractivity contribution in [3.05, 3.63) is 70.0 Å². The molecule has 0 fully saturated rings. The van der Waals surface area contributed by atoms with E-state index >= 15 is 0 Å². The van der Waals surface area contributed by atoms with E-state index in [1.807, 2.05) is 24.3 Å². The highest BCUT2D eigenvalue weighted by molar-refractivity contribution is 9.10. The van der Waals surface area contributed by atoms with Crippen LogP contribution in [0.25, 0.3) is 16.7 Å². The molecule has 2 amide bonds. The fraction of sp³-hybridized carbons (Fsp3) is 0.130. The number of anilines is 1. The first kappa shape index (κ1) is 20.2. The van der Waals surface area contributed by atoms with E-state index in [4.69, 9.17) is 9.47 Å². The minimum atomic E-state index is -0.471. The molecule has 32 heavy (non-hydrogen) atoms. The molecule has 8 nitrogen and oxygen atoms in total. The summed E-state index contributed by atoms with van der Waals surface area (Å²) in [6.45, 7) is 1.80.